The van der Waals surface area contributed by atoms with Crippen molar-refractivity contribution in [2.24, 2.45) is 14.1 Å². The van der Waals surface area contributed by atoms with Crippen LogP contribution in [-0.2, 0) is 26.9 Å². The molecule has 1 atom stereocenters. The van der Waals surface area contributed by atoms with E-state index < -0.39 is 24.8 Å². The van der Waals surface area contributed by atoms with Crippen LogP contribution < -0.4 is 10.5 Å². The summed E-state index contributed by atoms with van der Waals surface area (Å²) >= 11 is 0. The number of aromatic nitrogens is 5. The second kappa shape index (κ2) is 8.19. The van der Waals surface area contributed by atoms with E-state index in [0.717, 1.165) is 11.3 Å². The number of fused-ring (bicyclic) bond motifs is 7. The summed E-state index contributed by atoms with van der Waals surface area (Å²) in [5.74, 6) is 0.0222. The van der Waals surface area contributed by atoms with E-state index >= 15 is 0 Å². The third kappa shape index (κ3) is 3.78. The average molecular weight is 468 g/mol. The number of hydrogen-bond donors (Lipinski definition) is 1. The van der Waals surface area contributed by atoms with Gasteiger partial charge in [0.2, 0.25) is 6.43 Å². The lowest BCUT2D eigenvalue weighted by Crippen LogP contribution is -2.10. The van der Waals surface area contributed by atoms with Crippen molar-refractivity contribution in [1.82, 2.24) is 24.5 Å². The number of nitrogens with zero attached hydrogens (tertiary/aromatic N) is 5. The molecule has 5 rings (SSSR count). The quantitative estimate of drug-likeness (QED) is 0.470. The van der Waals surface area contributed by atoms with Crippen LogP contribution in [0.2, 0.25) is 0 Å². The molecule has 3 aromatic heterocycles. The number of benzene rings is 1. The Balaban J connectivity index is 1.81. The van der Waals surface area contributed by atoms with Crippen LogP contribution >= 0.6 is 0 Å². The van der Waals surface area contributed by atoms with Crippen LogP contribution in [0.1, 0.15) is 35.5 Å². The number of hydrogen-bond acceptors (Lipinski definition) is 5. The summed E-state index contributed by atoms with van der Waals surface area (Å²) in [6.07, 6.45) is 0.128. The second-order valence-corrected chi connectivity index (χ2v) is 8.44. The maximum atomic E-state index is 14.3. The minimum atomic E-state index is -2.56. The molecule has 1 aromatic carbocycles. The highest BCUT2D eigenvalue weighted by molar-refractivity contribution is 5.74. The van der Waals surface area contributed by atoms with Crippen molar-refractivity contribution in [1.29, 1.82) is 0 Å². The van der Waals surface area contributed by atoms with E-state index in [2.05, 4.69) is 15.2 Å². The molecule has 0 fully saturated rings. The molecule has 2 N–H and O–H groups in total. The molecule has 0 saturated carbocycles. The predicted molar refractivity (Wildman–Crippen MR) is 121 cm³/mol. The third-order valence-electron chi connectivity index (χ3n) is 6.03. The minimum absolute atomic E-state index is 0.144. The van der Waals surface area contributed by atoms with Gasteiger partial charge >= 0.3 is 0 Å². The fourth-order valence-corrected chi connectivity index (χ4v) is 4.54. The van der Waals surface area contributed by atoms with Crippen molar-refractivity contribution in [2.75, 3.05) is 5.73 Å². The molecule has 176 valence electrons. The number of pyridine rings is 1. The van der Waals surface area contributed by atoms with E-state index in [-0.39, 0.29) is 17.3 Å². The van der Waals surface area contributed by atoms with Crippen LogP contribution in [0.3, 0.4) is 0 Å². The lowest BCUT2D eigenvalue weighted by molar-refractivity contribution is 0.148. The van der Waals surface area contributed by atoms with Crippen molar-refractivity contribution in [3.8, 4) is 28.1 Å². The van der Waals surface area contributed by atoms with Gasteiger partial charge in [-0.3, -0.25) is 9.36 Å². The van der Waals surface area contributed by atoms with E-state index in [4.69, 9.17) is 10.5 Å². The largest absolute Gasteiger partial charge is 0.482 e. The van der Waals surface area contributed by atoms with Gasteiger partial charge in [0.25, 0.3) is 0 Å². The zero-order chi connectivity index (χ0) is 24.1. The number of aryl methyl sites for hydroxylation is 2. The summed E-state index contributed by atoms with van der Waals surface area (Å²) in [7, 11) is 3.53. The first-order valence-corrected chi connectivity index (χ1v) is 10.8. The standard InChI is InChI=1S/C24H23F3N6O/c1-12-17-8-15(25)4-5-16(17)23-14(11-32(2)31-23)6-19-22(18(9-21(26)27)30-33(19)3)13-7-20(34-12)24(28)29-10-13/h4-5,7-8,10-12,21H,6,9H2,1-3H3,(H2,28,29)/t12-/m1/s1. The Bertz CT molecular complexity index is 1390. The molecule has 0 unspecified atom stereocenters. The molecule has 10 heteroatoms. The average Bonchev–Trinajstić information content (AvgIpc) is 3.27. The molecule has 4 heterocycles. The first kappa shape index (κ1) is 22.0. The minimum Gasteiger partial charge on any atom is -0.482 e. The molecule has 7 nitrogen and oxygen atoms in total. The second-order valence-electron chi connectivity index (χ2n) is 8.44. The Labute approximate surface area is 194 Å². The molecular formula is C24H23F3N6O. The highest BCUT2D eigenvalue weighted by Crippen LogP contribution is 2.39. The SMILES string of the molecule is C[C@H]1Oc2cc(cnc2N)-c2c(CC(F)F)nn(C)c2Cc2cn(C)nc2-c2ccc(F)cc21. The first-order chi connectivity index (χ1) is 16.2. The van der Waals surface area contributed by atoms with Gasteiger partial charge in [0.15, 0.2) is 11.6 Å². The molecule has 2 bridgehead atoms. The van der Waals surface area contributed by atoms with Crippen LogP contribution in [0.15, 0.2) is 36.7 Å². The summed E-state index contributed by atoms with van der Waals surface area (Å²) in [6.45, 7) is 1.79. The molecular weight excluding hydrogens is 445 g/mol. The smallest absolute Gasteiger partial charge is 0.244 e. The summed E-state index contributed by atoms with van der Waals surface area (Å²) in [4.78, 5) is 4.25. The molecule has 0 spiro atoms. The third-order valence-corrected chi connectivity index (χ3v) is 6.03. The van der Waals surface area contributed by atoms with Crippen molar-refractivity contribution >= 4 is 5.82 Å². The fraction of sp³-hybridized carbons (Fsp3) is 0.292. The lowest BCUT2D eigenvalue weighted by Gasteiger charge is -2.21. The highest BCUT2D eigenvalue weighted by atomic mass is 19.3. The summed E-state index contributed by atoms with van der Waals surface area (Å²) in [6, 6.07) is 6.15. The van der Waals surface area contributed by atoms with Crippen LogP contribution in [-0.4, -0.2) is 31.0 Å². The Morgan fingerprint density at radius 2 is 2.00 bits per heavy atom. The number of alkyl halides is 2. The molecule has 0 radical (unpaired) electrons. The maximum Gasteiger partial charge on any atom is 0.244 e. The summed E-state index contributed by atoms with van der Waals surface area (Å²) < 4.78 is 50.5. The molecule has 4 aromatic rings. The molecule has 1 aliphatic heterocycles. The monoisotopic (exact) mass is 468 g/mol. The summed E-state index contributed by atoms with van der Waals surface area (Å²) in [5, 5.41) is 9.05. The molecule has 34 heavy (non-hydrogen) atoms. The first-order valence-electron chi connectivity index (χ1n) is 10.8. The molecule has 0 aliphatic carbocycles. The van der Waals surface area contributed by atoms with Crippen LogP contribution in [0.4, 0.5) is 19.0 Å². The van der Waals surface area contributed by atoms with Gasteiger partial charge in [-0.15, -0.1) is 0 Å². The number of anilines is 1. The van der Waals surface area contributed by atoms with Crippen molar-refractivity contribution in [3.05, 3.63) is 65.0 Å². The number of ether oxygens (including phenoxy) is 1. The lowest BCUT2D eigenvalue weighted by atomic mass is 9.94. The van der Waals surface area contributed by atoms with Crippen LogP contribution in [0.25, 0.3) is 22.4 Å². The summed E-state index contributed by atoms with van der Waals surface area (Å²) in [5.41, 5.74) is 11.0. The Morgan fingerprint density at radius 3 is 2.76 bits per heavy atom. The number of nitrogen functional groups attached to an aromatic ring is 1. The topological polar surface area (TPSA) is 83.8 Å². The van der Waals surface area contributed by atoms with Crippen molar-refractivity contribution < 1.29 is 17.9 Å². The van der Waals surface area contributed by atoms with E-state index in [1.54, 1.807) is 42.5 Å². The van der Waals surface area contributed by atoms with Gasteiger partial charge in [-0.05, 0) is 31.2 Å². The number of nitrogens with two attached hydrogens (primary N) is 1. The molecule has 0 saturated heterocycles. The normalized spacial score (nSPS) is 15.1. The van der Waals surface area contributed by atoms with E-state index in [0.29, 0.717) is 34.4 Å². The van der Waals surface area contributed by atoms with Crippen LogP contribution in [0, 0.1) is 5.82 Å². The molecule has 0 amide bonds. The van der Waals surface area contributed by atoms with Gasteiger partial charge < -0.3 is 10.5 Å². The van der Waals surface area contributed by atoms with Crippen molar-refractivity contribution in [3.63, 3.8) is 0 Å². The molecule has 1 aliphatic rings. The number of halogens is 3. The number of rotatable bonds is 2. The Kier molecular flexibility index (Phi) is 5.30. The Hall–Kier alpha value is -3.82. The van der Waals surface area contributed by atoms with Gasteiger partial charge in [-0.1, -0.05) is 0 Å². The van der Waals surface area contributed by atoms with Crippen LogP contribution in [0.5, 0.6) is 5.75 Å². The van der Waals surface area contributed by atoms with Gasteiger partial charge in [-0.25, -0.2) is 18.2 Å². The maximum absolute atomic E-state index is 14.3. The zero-order valence-electron chi connectivity index (χ0n) is 18.9. The van der Waals surface area contributed by atoms with E-state index in [1.807, 2.05) is 6.20 Å². The zero-order valence-corrected chi connectivity index (χ0v) is 18.9. The Morgan fingerprint density at radius 1 is 1.21 bits per heavy atom. The van der Waals surface area contributed by atoms with Gasteiger partial charge in [0.05, 0.1) is 23.5 Å². The van der Waals surface area contributed by atoms with Gasteiger partial charge in [0.1, 0.15) is 11.9 Å². The highest BCUT2D eigenvalue weighted by Gasteiger charge is 2.26. The van der Waals surface area contributed by atoms with Gasteiger partial charge in [0, 0.05) is 60.7 Å². The predicted octanol–water partition coefficient (Wildman–Crippen LogP) is 4.46. The fourth-order valence-electron chi connectivity index (χ4n) is 4.54. The van der Waals surface area contributed by atoms with E-state index in [1.165, 1.54) is 18.3 Å². The van der Waals surface area contributed by atoms with Crippen molar-refractivity contribution in [2.45, 2.75) is 32.3 Å². The van der Waals surface area contributed by atoms with E-state index in [9.17, 15) is 13.2 Å². The van der Waals surface area contributed by atoms with Gasteiger partial charge in [-0.2, -0.15) is 10.2 Å².